The Labute approximate surface area is 134 Å². The summed E-state index contributed by atoms with van der Waals surface area (Å²) in [5.74, 6) is 1.36. The summed E-state index contributed by atoms with van der Waals surface area (Å²) >= 11 is 0. The van der Waals surface area contributed by atoms with Crippen LogP contribution in [0.4, 0.5) is 0 Å². The molecule has 0 radical (unpaired) electrons. The number of carbonyl (C=O) groups excluding carboxylic acids is 1. The number of hydrogen-bond donors (Lipinski definition) is 0. The minimum atomic E-state index is -0.373. The maximum absolute atomic E-state index is 12.1. The molecule has 0 N–H and O–H groups in total. The standard InChI is InChI=1S/C19H16O4/c1-21-15-8-9-16(17(12-15)22-2)18-11-14(19(20)23-18)10-13-6-4-3-5-7-13/h3-12H,1-2H3/b14-10-. The largest absolute Gasteiger partial charge is 0.497 e. The van der Waals surface area contributed by atoms with Crippen molar-refractivity contribution in [2.45, 2.75) is 0 Å². The molecule has 0 unspecified atom stereocenters. The Hall–Kier alpha value is -3.01. The minimum Gasteiger partial charge on any atom is -0.497 e. The van der Waals surface area contributed by atoms with Crippen molar-refractivity contribution in [2.24, 2.45) is 0 Å². The number of ether oxygens (including phenoxy) is 3. The van der Waals surface area contributed by atoms with E-state index in [1.165, 1.54) is 0 Å². The lowest BCUT2D eigenvalue weighted by Crippen LogP contribution is -1.98. The van der Waals surface area contributed by atoms with Crippen molar-refractivity contribution in [3.8, 4) is 11.5 Å². The number of carbonyl (C=O) groups is 1. The van der Waals surface area contributed by atoms with Crippen LogP contribution >= 0.6 is 0 Å². The average Bonchev–Trinajstić information content (AvgIpc) is 2.95. The van der Waals surface area contributed by atoms with E-state index >= 15 is 0 Å². The SMILES string of the molecule is COc1ccc(C2=C/C(=C/c3ccccc3)C(=O)O2)c(OC)c1. The average molecular weight is 308 g/mol. The van der Waals surface area contributed by atoms with Gasteiger partial charge < -0.3 is 14.2 Å². The van der Waals surface area contributed by atoms with Crippen molar-refractivity contribution < 1.29 is 19.0 Å². The summed E-state index contributed by atoms with van der Waals surface area (Å²) in [6.07, 6.45) is 3.52. The van der Waals surface area contributed by atoms with Gasteiger partial charge in [0, 0.05) is 6.07 Å². The number of esters is 1. The van der Waals surface area contributed by atoms with Gasteiger partial charge in [-0.2, -0.15) is 0 Å². The fourth-order valence-electron chi connectivity index (χ4n) is 2.35. The maximum Gasteiger partial charge on any atom is 0.343 e. The Bertz CT molecular complexity index is 788. The quantitative estimate of drug-likeness (QED) is 0.638. The first-order valence-electron chi connectivity index (χ1n) is 7.14. The molecule has 0 amide bonds. The third kappa shape index (κ3) is 3.11. The van der Waals surface area contributed by atoms with Crippen LogP contribution in [-0.2, 0) is 9.53 Å². The monoisotopic (exact) mass is 308 g/mol. The molecule has 4 nitrogen and oxygen atoms in total. The lowest BCUT2D eigenvalue weighted by molar-refractivity contribution is -0.130. The van der Waals surface area contributed by atoms with Gasteiger partial charge >= 0.3 is 5.97 Å². The summed E-state index contributed by atoms with van der Waals surface area (Å²) < 4.78 is 15.9. The predicted octanol–water partition coefficient (Wildman–Crippen LogP) is 3.69. The van der Waals surface area contributed by atoms with Crippen molar-refractivity contribution >= 4 is 17.8 Å². The zero-order valence-electron chi connectivity index (χ0n) is 12.9. The van der Waals surface area contributed by atoms with Crippen molar-refractivity contribution in [3.05, 3.63) is 71.3 Å². The van der Waals surface area contributed by atoms with Gasteiger partial charge in [-0.1, -0.05) is 30.3 Å². The Morgan fingerprint density at radius 2 is 1.78 bits per heavy atom. The third-order valence-electron chi connectivity index (χ3n) is 3.52. The minimum absolute atomic E-state index is 0.373. The summed E-state index contributed by atoms with van der Waals surface area (Å²) in [6.45, 7) is 0. The third-order valence-corrected chi connectivity index (χ3v) is 3.52. The highest BCUT2D eigenvalue weighted by molar-refractivity contribution is 6.05. The Kier molecular flexibility index (Phi) is 4.15. The molecule has 0 aromatic heterocycles. The van der Waals surface area contributed by atoms with Crippen molar-refractivity contribution in [3.63, 3.8) is 0 Å². The Morgan fingerprint density at radius 3 is 2.48 bits per heavy atom. The van der Waals surface area contributed by atoms with E-state index in [0.717, 1.165) is 5.56 Å². The van der Waals surface area contributed by atoms with Gasteiger partial charge in [0.2, 0.25) is 0 Å². The molecule has 0 bridgehead atoms. The smallest absolute Gasteiger partial charge is 0.343 e. The molecule has 1 aliphatic heterocycles. The molecule has 0 spiro atoms. The lowest BCUT2D eigenvalue weighted by atomic mass is 10.1. The summed E-state index contributed by atoms with van der Waals surface area (Å²) in [5, 5.41) is 0. The van der Waals surface area contributed by atoms with Gasteiger partial charge in [-0.05, 0) is 29.8 Å². The van der Waals surface area contributed by atoms with Gasteiger partial charge in [0.1, 0.15) is 17.3 Å². The molecular formula is C19H16O4. The van der Waals surface area contributed by atoms with Crippen molar-refractivity contribution in [1.29, 1.82) is 0 Å². The molecule has 1 aliphatic rings. The number of rotatable bonds is 4. The molecular weight excluding hydrogens is 292 g/mol. The van der Waals surface area contributed by atoms with Crippen LogP contribution in [0, 0.1) is 0 Å². The summed E-state index contributed by atoms with van der Waals surface area (Å²) in [4.78, 5) is 12.1. The predicted molar refractivity (Wildman–Crippen MR) is 88.0 cm³/mol. The molecule has 2 aromatic rings. The van der Waals surface area contributed by atoms with E-state index in [2.05, 4.69) is 0 Å². The molecule has 0 atom stereocenters. The van der Waals surface area contributed by atoms with Gasteiger partial charge in [-0.25, -0.2) is 4.79 Å². The van der Waals surface area contributed by atoms with Crippen molar-refractivity contribution in [2.75, 3.05) is 14.2 Å². The van der Waals surface area contributed by atoms with E-state index in [1.54, 1.807) is 38.5 Å². The summed E-state index contributed by atoms with van der Waals surface area (Å²) in [7, 11) is 3.15. The molecule has 23 heavy (non-hydrogen) atoms. The number of hydrogen-bond acceptors (Lipinski definition) is 4. The number of cyclic esters (lactones) is 1. The molecule has 2 aromatic carbocycles. The van der Waals surface area contributed by atoms with E-state index < -0.39 is 0 Å². The molecule has 3 rings (SSSR count). The molecule has 0 fully saturated rings. The fourth-order valence-corrected chi connectivity index (χ4v) is 2.35. The highest BCUT2D eigenvalue weighted by atomic mass is 16.5. The molecule has 0 saturated carbocycles. The second-order valence-electron chi connectivity index (χ2n) is 4.97. The van der Waals surface area contributed by atoms with Crippen LogP contribution in [0.15, 0.2) is 60.2 Å². The van der Waals surface area contributed by atoms with Crippen LogP contribution in [-0.4, -0.2) is 20.2 Å². The van der Waals surface area contributed by atoms with Crippen LogP contribution in [0.1, 0.15) is 11.1 Å². The first kappa shape index (κ1) is 14.9. The topological polar surface area (TPSA) is 44.8 Å². The Morgan fingerprint density at radius 1 is 1.00 bits per heavy atom. The van der Waals surface area contributed by atoms with Crippen LogP contribution < -0.4 is 9.47 Å². The van der Waals surface area contributed by atoms with Gasteiger partial charge in [-0.3, -0.25) is 0 Å². The molecule has 0 aliphatic carbocycles. The molecule has 0 saturated heterocycles. The molecule has 116 valence electrons. The van der Waals surface area contributed by atoms with Gasteiger partial charge in [0.05, 0.1) is 25.4 Å². The van der Waals surface area contributed by atoms with E-state index in [1.807, 2.05) is 36.4 Å². The van der Waals surface area contributed by atoms with Crippen molar-refractivity contribution in [1.82, 2.24) is 0 Å². The van der Waals surface area contributed by atoms with E-state index in [0.29, 0.717) is 28.4 Å². The van der Waals surface area contributed by atoms with Gasteiger partial charge in [-0.15, -0.1) is 0 Å². The summed E-state index contributed by atoms with van der Waals surface area (Å²) in [6, 6.07) is 15.0. The zero-order valence-corrected chi connectivity index (χ0v) is 12.9. The first-order valence-corrected chi connectivity index (χ1v) is 7.14. The van der Waals surface area contributed by atoms with Crippen LogP contribution in [0.5, 0.6) is 11.5 Å². The fraction of sp³-hybridized carbons (Fsp3) is 0.105. The second-order valence-corrected chi connectivity index (χ2v) is 4.97. The highest BCUT2D eigenvalue weighted by Crippen LogP contribution is 2.35. The van der Waals surface area contributed by atoms with Crippen LogP contribution in [0.25, 0.3) is 11.8 Å². The summed E-state index contributed by atoms with van der Waals surface area (Å²) in [5.41, 5.74) is 2.15. The number of methoxy groups -OCH3 is 2. The second kappa shape index (κ2) is 6.40. The van der Waals surface area contributed by atoms with E-state index in [4.69, 9.17) is 14.2 Å². The zero-order chi connectivity index (χ0) is 16.2. The maximum atomic E-state index is 12.1. The first-order chi connectivity index (χ1) is 11.2. The molecule has 1 heterocycles. The highest BCUT2D eigenvalue weighted by Gasteiger charge is 2.24. The van der Waals surface area contributed by atoms with Crippen LogP contribution in [0.3, 0.4) is 0 Å². The number of benzene rings is 2. The Balaban J connectivity index is 1.97. The van der Waals surface area contributed by atoms with Gasteiger partial charge in [0.25, 0.3) is 0 Å². The lowest BCUT2D eigenvalue weighted by Gasteiger charge is -2.10. The van der Waals surface area contributed by atoms with Crippen LogP contribution in [0.2, 0.25) is 0 Å². The van der Waals surface area contributed by atoms with Gasteiger partial charge in [0.15, 0.2) is 0 Å². The normalized spacial score (nSPS) is 15.3. The van der Waals surface area contributed by atoms with E-state index in [9.17, 15) is 4.79 Å². The molecule has 4 heteroatoms. The van der Waals surface area contributed by atoms with E-state index in [-0.39, 0.29) is 5.97 Å².